The van der Waals surface area contributed by atoms with Crippen LogP contribution in [0.3, 0.4) is 0 Å². The number of ether oxygens (including phenoxy) is 6. The van der Waals surface area contributed by atoms with Gasteiger partial charge in [0.1, 0.15) is 12.8 Å². The summed E-state index contributed by atoms with van der Waals surface area (Å²) in [6, 6.07) is 0. The first-order valence-electron chi connectivity index (χ1n) is 10.0. The number of nitrogens with one attached hydrogen (secondary N) is 1. The van der Waals surface area contributed by atoms with Gasteiger partial charge >= 0.3 is 0 Å². The summed E-state index contributed by atoms with van der Waals surface area (Å²) in [5.74, 6) is 0.0726. The van der Waals surface area contributed by atoms with Gasteiger partial charge in [0, 0.05) is 5.92 Å². The molecule has 1 unspecified atom stereocenters. The summed E-state index contributed by atoms with van der Waals surface area (Å²) < 4.78 is 44.8. The van der Waals surface area contributed by atoms with E-state index in [0.29, 0.717) is 59.5 Å². The summed E-state index contributed by atoms with van der Waals surface area (Å²) in [7, 11) is 0. The Hall–Kier alpha value is -0.820. The Morgan fingerprint density at radius 1 is 0.767 bits per heavy atom. The predicted octanol–water partition coefficient (Wildman–Crippen LogP) is 1.29. The monoisotopic (exact) mass is 457 g/mol. The summed E-state index contributed by atoms with van der Waals surface area (Å²) in [5.41, 5.74) is 0. The molecule has 0 aromatic rings. The van der Waals surface area contributed by atoms with Crippen molar-refractivity contribution in [1.29, 1.82) is 0 Å². The van der Waals surface area contributed by atoms with Crippen molar-refractivity contribution in [3.05, 3.63) is 0 Å². The Balaban J connectivity index is 3.14. The first kappa shape index (κ1) is 29.2. The summed E-state index contributed by atoms with van der Waals surface area (Å²) in [6.07, 6.45) is -1.27. The van der Waals surface area contributed by atoms with E-state index in [2.05, 4.69) is 17.9 Å². The van der Waals surface area contributed by atoms with E-state index in [1.165, 1.54) is 0 Å². The topological polar surface area (TPSA) is 102 Å². The van der Waals surface area contributed by atoms with Crippen molar-refractivity contribution in [2.45, 2.75) is 20.0 Å². The molecule has 0 aliphatic heterocycles. The number of alkyl halides is 1. The zero-order chi connectivity index (χ0) is 22.5. The van der Waals surface area contributed by atoms with Crippen molar-refractivity contribution < 1.29 is 42.4 Å². The molecule has 0 radical (unpaired) electrons. The average molecular weight is 458 g/mol. The van der Waals surface area contributed by atoms with E-state index in [9.17, 15) is 14.0 Å². The highest BCUT2D eigenvalue weighted by atomic mass is 32.1. The van der Waals surface area contributed by atoms with Gasteiger partial charge in [0.15, 0.2) is 5.78 Å². The highest BCUT2D eigenvalue weighted by Crippen LogP contribution is 1.94. The third-order valence-electron chi connectivity index (χ3n) is 3.52. The van der Waals surface area contributed by atoms with Crippen LogP contribution in [-0.4, -0.2) is 103 Å². The Labute approximate surface area is 183 Å². The van der Waals surface area contributed by atoms with E-state index >= 15 is 0 Å². The normalized spacial score (nSPS) is 12.3. The number of hydrogen-bond donors (Lipinski definition) is 2. The molecule has 1 atom stereocenters. The number of halogens is 1. The van der Waals surface area contributed by atoms with E-state index in [-0.39, 0.29) is 38.1 Å². The molecule has 0 fully saturated rings. The molecule has 0 heterocycles. The van der Waals surface area contributed by atoms with Crippen LogP contribution in [0.4, 0.5) is 9.18 Å². The maximum atomic E-state index is 13.2. The standard InChI is InChI=1S/C19H36FNO8S/c1-16(2)18(22)15-29-12-10-27-8-6-25-4-3-24-5-7-26-9-11-28-14-17(20)13-21-19(23)30/h16-17H,3-15H2,1-2H3,(H2,21,23,30). The van der Waals surface area contributed by atoms with Crippen molar-refractivity contribution in [3.63, 3.8) is 0 Å². The molecule has 0 aromatic heterocycles. The molecule has 1 N–H and O–H groups in total. The van der Waals surface area contributed by atoms with Crippen LogP contribution in [-0.2, 0) is 33.2 Å². The van der Waals surface area contributed by atoms with Crippen molar-refractivity contribution in [1.82, 2.24) is 5.32 Å². The fourth-order valence-electron chi connectivity index (χ4n) is 1.81. The van der Waals surface area contributed by atoms with Gasteiger partial charge < -0.3 is 33.7 Å². The lowest BCUT2D eigenvalue weighted by atomic mass is 10.1. The number of rotatable bonds is 22. The number of hydrogen-bond acceptors (Lipinski definition) is 8. The molecule has 0 spiro atoms. The number of amides is 1. The van der Waals surface area contributed by atoms with Crippen molar-refractivity contribution in [2.75, 3.05) is 85.8 Å². The number of ketones is 1. The smallest absolute Gasteiger partial charge is 0.276 e. The Morgan fingerprint density at radius 3 is 1.57 bits per heavy atom. The van der Waals surface area contributed by atoms with Crippen LogP contribution < -0.4 is 5.32 Å². The van der Waals surface area contributed by atoms with Crippen LogP contribution in [0.1, 0.15) is 13.8 Å². The lowest BCUT2D eigenvalue weighted by molar-refractivity contribution is -0.127. The largest absolute Gasteiger partial charge is 0.377 e. The van der Waals surface area contributed by atoms with Gasteiger partial charge in [-0.3, -0.25) is 9.59 Å². The summed E-state index contributed by atoms with van der Waals surface area (Å²) in [6.45, 7) is 7.60. The van der Waals surface area contributed by atoms with Crippen LogP contribution in [0.25, 0.3) is 0 Å². The minimum Gasteiger partial charge on any atom is -0.377 e. The van der Waals surface area contributed by atoms with Gasteiger partial charge in [0.25, 0.3) is 5.24 Å². The lowest BCUT2D eigenvalue weighted by Crippen LogP contribution is -2.29. The maximum Gasteiger partial charge on any atom is 0.276 e. The molecule has 30 heavy (non-hydrogen) atoms. The number of thiol groups is 1. The number of Topliss-reactive ketones (excluding diaryl/α,β-unsaturated/α-hetero) is 1. The number of carbonyl (C=O) groups is 2. The molecule has 9 nitrogen and oxygen atoms in total. The van der Waals surface area contributed by atoms with Crippen LogP contribution in [0.2, 0.25) is 0 Å². The highest BCUT2D eigenvalue weighted by Gasteiger charge is 2.07. The number of carbonyl (C=O) groups excluding carboxylic acids is 2. The second-order valence-corrected chi connectivity index (χ2v) is 6.89. The third-order valence-corrected chi connectivity index (χ3v) is 3.68. The van der Waals surface area contributed by atoms with Crippen LogP contribution in [0, 0.1) is 5.92 Å². The SMILES string of the molecule is CC(C)C(=O)COCCOCCOCCOCCOCCOCC(F)CNC(=O)S. The summed E-state index contributed by atoms with van der Waals surface area (Å²) in [4.78, 5) is 21.8. The fraction of sp³-hybridized carbons (Fsp3) is 0.895. The molecule has 0 aliphatic rings. The third kappa shape index (κ3) is 21.9. The predicted molar refractivity (Wildman–Crippen MR) is 112 cm³/mol. The van der Waals surface area contributed by atoms with Crippen molar-refractivity contribution >= 4 is 23.7 Å². The average Bonchev–Trinajstić information content (AvgIpc) is 2.70. The Morgan fingerprint density at radius 2 is 1.17 bits per heavy atom. The van der Waals surface area contributed by atoms with Gasteiger partial charge in [-0.1, -0.05) is 26.5 Å². The van der Waals surface area contributed by atoms with Gasteiger partial charge in [-0.05, 0) is 0 Å². The molecular weight excluding hydrogens is 421 g/mol. The van der Waals surface area contributed by atoms with Crippen LogP contribution in [0.5, 0.6) is 0 Å². The molecule has 1 amide bonds. The van der Waals surface area contributed by atoms with Gasteiger partial charge in [0.2, 0.25) is 0 Å². The second kappa shape index (κ2) is 21.4. The summed E-state index contributed by atoms with van der Waals surface area (Å²) in [5, 5.41) is 1.68. The van der Waals surface area contributed by atoms with Gasteiger partial charge in [-0.25, -0.2) is 4.39 Å². The Bertz CT molecular complexity index is 431. The van der Waals surface area contributed by atoms with Gasteiger partial charge in [-0.15, -0.1) is 0 Å². The van der Waals surface area contributed by atoms with E-state index in [1.807, 2.05) is 13.8 Å². The van der Waals surface area contributed by atoms with E-state index in [0.717, 1.165) is 0 Å². The molecule has 11 heteroatoms. The van der Waals surface area contributed by atoms with E-state index in [4.69, 9.17) is 28.4 Å². The second-order valence-electron chi connectivity index (χ2n) is 6.48. The molecule has 0 rings (SSSR count). The van der Waals surface area contributed by atoms with Gasteiger partial charge in [0.05, 0.1) is 79.2 Å². The molecule has 0 saturated heterocycles. The Kier molecular flexibility index (Phi) is 20.8. The molecule has 0 saturated carbocycles. The minimum atomic E-state index is -1.27. The fourth-order valence-corrected chi connectivity index (χ4v) is 1.90. The first-order valence-corrected chi connectivity index (χ1v) is 10.5. The van der Waals surface area contributed by atoms with E-state index in [1.54, 1.807) is 0 Å². The zero-order valence-electron chi connectivity index (χ0n) is 17.9. The maximum absolute atomic E-state index is 13.2. The van der Waals surface area contributed by atoms with Crippen LogP contribution >= 0.6 is 12.6 Å². The molecule has 178 valence electrons. The van der Waals surface area contributed by atoms with Crippen molar-refractivity contribution in [3.8, 4) is 0 Å². The van der Waals surface area contributed by atoms with Crippen molar-refractivity contribution in [2.24, 2.45) is 5.92 Å². The first-order chi connectivity index (χ1) is 14.4. The zero-order valence-corrected chi connectivity index (χ0v) is 18.8. The highest BCUT2D eigenvalue weighted by molar-refractivity contribution is 7.96. The molecular formula is C19H36FNO8S. The molecule has 0 aliphatic carbocycles. The lowest BCUT2D eigenvalue weighted by Gasteiger charge is -2.10. The molecule has 0 bridgehead atoms. The van der Waals surface area contributed by atoms with Gasteiger partial charge in [-0.2, -0.15) is 0 Å². The summed E-state index contributed by atoms with van der Waals surface area (Å²) >= 11 is 3.47. The van der Waals surface area contributed by atoms with Crippen LogP contribution in [0.15, 0.2) is 0 Å². The van der Waals surface area contributed by atoms with E-state index < -0.39 is 11.4 Å². The molecule has 0 aromatic carbocycles. The minimum absolute atomic E-state index is 0.0107. The quantitative estimate of drug-likeness (QED) is 0.185.